The van der Waals surface area contributed by atoms with Crippen LogP contribution in [-0.4, -0.2) is 49.3 Å². The van der Waals surface area contributed by atoms with Gasteiger partial charge in [-0.05, 0) is 25.5 Å². The zero-order valence-corrected chi connectivity index (χ0v) is 12.0. The van der Waals surface area contributed by atoms with E-state index < -0.39 is 11.5 Å². The van der Waals surface area contributed by atoms with Gasteiger partial charge in [0, 0.05) is 30.8 Å². The quantitative estimate of drug-likeness (QED) is 0.571. The first kappa shape index (κ1) is 16.6. The fourth-order valence-electron chi connectivity index (χ4n) is 2.40. The third kappa shape index (κ3) is 4.88. The molecule has 8 heteroatoms. The van der Waals surface area contributed by atoms with Gasteiger partial charge in [0.25, 0.3) is 5.69 Å². The number of morpholine rings is 1. The van der Waals surface area contributed by atoms with Crippen LogP contribution in [0.1, 0.15) is 12.0 Å². The maximum absolute atomic E-state index is 12.4. The Morgan fingerprint density at radius 3 is 2.73 bits per heavy atom. The summed E-state index contributed by atoms with van der Waals surface area (Å²) in [4.78, 5) is 12.5. The van der Waals surface area contributed by atoms with E-state index in [0.717, 1.165) is 19.6 Å². The van der Waals surface area contributed by atoms with E-state index >= 15 is 0 Å². The van der Waals surface area contributed by atoms with Gasteiger partial charge >= 0.3 is 6.61 Å². The minimum absolute atomic E-state index is 0.00239. The Morgan fingerprint density at radius 2 is 2.09 bits per heavy atom. The van der Waals surface area contributed by atoms with Gasteiger partial charge in [0.05, 0.1) is 18.1 Å². The van der Waals surface area contributed by atoms with Crippen molar-refractivity contribution in [2.24, 2.45) is 0 Å². The molecule has 1 saturated heterocycles. The average Bonchev–Trinajstić information content (AvgIpc) is 2.49. The van der Waals surface area contributed by atoms with E-state index in [1.807, 2.05) is 0 Å². The second-order valence-electron chi connectivity index (χ2n) is 4.99. The molecule has 122 valence electrons. The average molecular weight is 316 g/mol. The van der Waals surface area contributed by atoms with Gasteiger partial charge in [-0.2, -0.15) is 8.78 Å². The van der Waals surface area contributed by atoms with Crippen LogP contribution in [0, 0.1) is 10.1 Å². The minimum atomic E-state index is -2.94. The molecule has 0 saturated carbocycles. The van der Waals surface area contributed by atoms with Crippen molar-refractivity contribution in [2.75, 3.05) is 32.8 Å². The number of nitro groups is 1. The predicted octanol–water partition coefficient (Wildman–Crippen LogP) is 2.46. The second-order valence-corrected chi connectivity index (χ2v) is 4.99. The van der Waals surface area contributed by atoms with Crippen LogP contribution in [0.15, 0.2) is 18.2 Å². The van der Waals surface area contributed by atoms with E-state index in [4.69, 9.17) is 4.74 Å². The van der Waals surface area contributed by atoms with Crippen LogP contribution in [0.3, 0.4) is 0 Å². The van der Waals surface area contributed by atoms with E-state index in [9.17, 15) is 18.9 Å². The molecule has 1 aliphatic rings. The van der Waals surface area contributed by atoms with E-state index in [-0.39, 0.29) is 11.4 Å². The molecule has 1 aliphatic heterocycles. The molecule has 0 aromatic heterocycles. The van der Waals surface area contributed by atoms with Crippen LogP contribution in [0.4, 0.5) is 14.5 Å². The van der Waals surface area contributed by atoms with Crippen molar-refractivity contribution in [3.8, 4) is 5.75 Å². The Labute approximate surface area is 126 Å². The molecule has 0 N–H and O–H groups in total. The molecule has 6 nitrogen and oxygen atoms in total. The number of benzene rings is 1. The van der Waals surface area contributed by atoms with Crippen LogP contribution in [-0.2, 0) is 11.2 Å². The first-order valence-corrected chi connectivity index (χ1v) is 7.08. The Hall–Kier alpha value is -1.80. The van der Waals surface area contributed by atoms with Crippen LogP contribution in [0.2, 0.25) is 0 Å². The van der Waals surface area contributed by atoms with Crippen molar-refractivity contribution >= 4 is 5.69 Å². The molecule has 0 atom stereocenters. The summed E-state index contributed by atoms with van der Waals surface area (Å²) < 4.78 is 34.5. The van der Waals surface area contributed by atoms with E-state index in [2.05, 4.69) is 9.64 Å². The summed E-state index contributed by atoms with van der Waals surface area (Å²) in [6.45, 7) is 0.914. The van der Waals surface area contributed by atoms with Crippen molar-refractivity contribution < 1.29 is 23.2 Å². The summed E-state index contributed by atoms with van der Waals surface area (Å²) in [6, 6.07) is 3.70. The number of ether oxygens (including phenoxy) is 2. The van der Waals surface area contributed by atoms with Crippen LogP contribution < -0.4 is 4.74 Å². The molecular formula is C14H18F2N2O4. The Morgan fingerprint density at radius 1 is 1.36 bits per heavy atom. The smallest absolute Gasteiger partial charge is 0.387 e. The van der Waals surface area contributed by atoms with E-state index in [1.54, 1.807) is 0 Å². The lowest BCUT2D eigenvalue weighted by Gasteiger charge is -2.26. The van der Waals surface area contributed by atoms with Crippen molar-refractivity contribution in [1.29, 1.82) is 0 Å². The lowest BCUT2D eigenvalue weighted by Crippen LogP contribution is -2.36. The van der Waals surface area contributed by atoms with Gasteiger partial charge in [0.2, 0.25) is 0 Å². The number of aryl methyl sites for hydroxylation is 1. The molecular weight excluding hydrogens is 298 g/mol. The summed E-state index contributed by atoms with van der Waals surface area (Å²) in [7, 11) is 0. The predicted molar refractivity (Wildman–Crippen MR) is 75.3 cm³/mol. The Bertz CT molecular complexity index is 508. The van der Waals surface area contributed by atoms with Gasteiger partial charge < -0.3 is 9.47 Å². The molecule has 2 rings (SSSR count). The van der Waals surface area contributed by atoms with Crippen molar-refractivity contribution in [3.63, 3.8) is 0 Å². The summed E-state index contributed by atoms with van der Waals surface area (Å²) in [5, 5.41) is 10.8. The molecule has 0 radical (unpaired) electrons. The number of rotatable bonds is 7. The zero-order valence-electron chi connectivity index (χ0n) is 12.0. The summed E-state index contributed by atoms with van der Waals surface area (Å²) in [5.41, 5.74) is 0.311. The lowest BCUT2D eigenvalue weighted by atomic mass is 10.1. The maximum Gasteiger partial charge on any atom is 0.387 e. The number of alkyl halides is 2. The number of nitro benzene ring substituents is 1. The Balaban J connectivity index is 1.99. The van der Waals surface area contributed by atoms with E-state index in [0.29, 0.717) is 31.6 Å². The molecule has 22 heavy (non-hydrogen) atoms. The number of non-ortho nitro benzene ring substituents is 1. The molecule has 0 amide bonds. The monoisotopic (exact) mass is 316 g/mol. The SMILES string of the molecule is O=[N+]([O-])c1ccc(OC(F)F)c(CCCN2CCOCC2)c1. The lowest BCUT2D eigenvalue weighted by molar-refractivity contribution is -0.385. The minimum Gasteiger partial charge on any atom is -0.435 e. The van der Waals surface area contributed by atoms with Crippen LogP contribution >= 0.6 is 0 Å². The Kier molecular flexibility index (Phi) is 6.02. The normalized spacial score (nSPS) is 16.0. The molecule has 0 spiro atoms. The summed E-state index contributed by atoms with van der Waals surface area (Å²) in [6.07, 6.45) is 1.15. The third-order valence-electron chi connectivity index (χ3n) is 3.50. The molecule has 0 bridgehead atoms. The van der Waals surface area contributed by atoms with Crippen molar-refractivity contribution in [2.45, 2.75) is 19.5 Å². The highest BCUT2D eigenvalue weighted by molar-refractivity contribution is 5.44. The largest absolute Gasteiger partial charge is 0.435 e. The van der Waals surface area contributed by atoms with Gasteiger partial charge in [0.1, 0.15) is 5.75 Å². The van der Waals surface area contributed by atoms with Gasteiger partial charge in [-0.3, -0.25) is 15.0 Å². The molecule has 0 unspecified atom stereocenters. The van der Waals surface area contributed by atoms with Gasteiger partial charge in [-0.1, -0.05) is 0 Å². The molecule has 1 aromatic carbocycles. The fraction of sp³-hybridized carbons (Fsp3) is 0.571. The first-order valence-electron chi connectivity index (χ1n) is 7.08. The highest BCUT2D eigenvalue weighted by Crippen LogP contribution is 2.27. The van der Waals surface area contributed by atoms with E-state index in [1.165, 1.54) is 18.2 Å². The van der Waals surface area contributed by atoms with Gasteiger partial charge in [-0.15, -0.1) is 0 Å². The molecule has 1 aromatic rings. The standard InChI is InChI=1S/C14H18F2N2O4/c15-14(16)22-13-4-3-12(18(19)20)10-11(13)2-1-5-17-6-8-21-9-7-17/h3-4,10,14H,1-2,5-9H2. The van der Waals surface area contributed by atoms with Gasteiger partial charge in [0.15, 0.2) is 0 Å². The topological polar surface area (TPSA) is 64.8 Å². The second kappa shape index (κ2) is 8.00. The molecule has 1 fully saturated rings. The highest BCUT2D eigenvalue weighted by Gasteiger charge is 2.16. The fourth-order valence-corrected chi connectivity index (χ4v) is 2.40. The van der Waals surface area contributed by atoms with Crippen molar-refractivity contribution in [3.05, 3.63) is 33.9 Å². The maximum atomic E-state index is 12.4. The third-order valence-corrected chi connectivity index (χ3v) is 3.50. The number of hydrogen-bond donors (Lipinski definition) is 0. The zero-order chi connectivity index (χ0) is 15.9. The summed E-state index contributed by atoms with van der Waals surface area (Å²) >= 11 is 0. The highest BCUT2D eigenvalue weighted by atomic mass is 19.3. The summed E-state index contributed by atoms with van der Waals surface area (Å²) in [5.74, 6) is 0.00239. The number of nitrogens with zero attached hydrogens (tertiary/aromatic N) is 2. The molecule has 0 aliphatic carbocycles. The first-order chi connectivity index (χ1) is 10.6. The number of halogens is 2. The van der Waals surface area contributed by atoms with Crippen molar-refractivity contribution in [1.82, 2.24) is 4.90 Å². The number of hydrogen-bond acceptors (Lipinski definition) is 5. The van der Waals surface area contributed by atoms with Crippen LogP contribution in [0.25, 0.3) is 0 Å². The van der Waals surface area contributed by atoms with Crippen LogP contribution in [0.5, 0.6) is 5.75 Å². The van der Waals surface area contributed by atoms with Gasteiger partial charge in [-0.25, -0.2) is 0 Å². The molecule has 1 heterocycles.